The summed E-state index contributed by atoms with van der Waals surface area (Å²) in [5.41, 5.74) is 8.83. The molecule has 2 heterocycles. The molecule has 0 amide bonds. The first-order chi connectivity index (χ1) is 13.0. The van der Waals surface area contributed by atoms with E-state index < -0.39 is 0 Å². The molecule has 4 aromatic rings. The van der Waals surface area contributed by atoms with Crippen molar-refractivity contribution in [2.75, 3.05) is 5.73 Å². The van der Waals surface area contributed by atoms with Gasteiger partial charge in [0.2, 0.25) is 0 Å². The Morgan fingerprint density at radius 1 is 1.07 bits per heavy atom. The van der Waals surface area contributed by atoms with E-state index in [4.69, 9.17) is 27.1 Å². The predicted octanol–water partition coefficient (Wildman–Crippen LogP) is 5.06. The van der Waals surface area contributed by atoms with Crippen molar-refractivity contribution in [2.45, 2.75) is 27.0 Å². The maximum Gasteiger partial charge on any atom is 0.152 e. The summed E-state index contributed by atoms with van der Waals surface area (Å²) in [7, 11) is 0. The molecule has 2 aromatic carbocycles. The van der Waals surface area contributed by atoms with E-state index >= 15 is 0 Å². The minimum atomic E-state index is 0.344. The van der Waals surface area contributed by atoms with Crippen molar-refractivity contribution in [3.05, 3.63) is 59.4 Å². The summed E-state index contributed by atoms with van der Waals surface area (Å²) in [5, 5.41) is 1.73. The van der Waals surface area contributed by atoms with Crippen molar-refractivity contribution in [1.82, 2.24) is 14.5 Å². The third kappa shape index (κ3) is 3.43. The maximum atomic E-state index is 6.22. The Morgan fingerprint density at radius 2 is 1.81 bits per heavy atom. The smallest absolute Gasteiger partial charge is 0.152 e. The summed E-state index contributed by atoms with van der Waals surface area (Å²) < 4.78 is 8.15. The second kappa shape index (κ2) is 7.08. The number of halogens is 1. The average Bonchev–Trinajstić information content (AvgIpc) is 3.00. The van der Waals surface area contributed by atoms with Crippen molar-refractivity contribution >= 4 is 39.4 Å². The van der Waals surface area contributed by atoms with Gasteiger partial charge in [0.15, 0.2) is 5.82 Å². The Hall–Kier alpha value is -2.79. The molecule has 2 aromatic heterocycles. The quantitative estimate of drug-likeness (QED) is 0.525. The molecule has 0 atom stereocenters. The van der Waals surface area contributed by atoms with E-state index in [1.165, 1.54) is 0 Å². The number of hydrogen-bond donors (Lipinski definition) is 1. The standard InChI is InChI=1S/C21H21ClN4O/c1-13(2)11-26-18(12-27-15-9-7-14(22)8-10-15)25-19-20(26)16-5-3-4-6-17(16)24-21(19)23/h3-10,13H,11-12H2,1-2H3,(H2,23,24). The maximum absolute atomic E-state index is 6.22. The van der Waals surface area contributed by atoms with Gasteiger partial charge >= 0.3 is 0 Å². The summed E-state index contributed by atoms with van der Waals surface area (Å²) in [6.07, 6.45) is 0. The molecule has 6 heteroatoms. The van der Waals surface area contributed by atoms with E-state index in [0.29, 0.717) is 23.4 Å². The summed E-state index contributed by atoms with van der Waals surface area (Å²) >= 11 is 5.94. The first-order valence-corrected chi connectivity index (χ1v) is 9.32. The van der Waals surface area contributed by atoms with Crippen molar-refractivity contribution in [3.8, 4) is 5.75 Å². The lowest BCUT2D eigenvalue weighted by molar-refractivity contribution is 0.287. The number of anilines is 1. The van der Waals surface area contributed by atoms with Crippen molar-refractivity contribution in [1.29, 1.82) is 0 Å². The van der Waals surface area contributed by atoms with Crippen LogP contribution in [0, 0.1) is 5.92 Å². The molecule has 4 rings (SSSR count). The molecule has 2 N–H and O–H groups in total. The fraction of sp³-hybridized carbons (Fsp3) is 0.238. The number of aromatic nitrogens is 3. The topological polar surface area (TPSA) is 66.0 Å². The molecule has 0 radical (unpaired) electrons. The predicted molar refractivity (Wildman–Crippen MR) is 110 cm³/mol. The molecule has 138 valence electrons. The Morgan fingerprint density at radius 3 is 2.56 bits per heavy atom. The van der Waals surface area contributed by atoms with Crippen molar-refractivity contribution in [2.24, 2.45) is 5.92 Å². The fourth-order valence-electron chi connectivity index (χ4n) is 3.26. The zero-order chi connectivity index (χ0) is 19.0. The lowest BCUT2D eigenvalue weighted by Crippen LogP contribution is -2.11. The molecule has 0 saturated carbocycles. The largest absolute Gasteiger partial charge is 0.486 e. The third-order valence-electron chi connectivity index (χ3n) is 4.42. The van der Waals surface area contributed by atoms with Crippen LogP contribution < -0.4 is 10.5 Å². The molecule has 0 aliphatic heterocycles. The fourth-order valence-corrected chi connectivity index (χ4v) is 3.38. The van der Waals surface area contributed by atoms with Gasteiger partial charge < -0.3 is 15.0 Å². The first-order valence-electron chi connectivity index (χ1n) is 8.94. The third-order valence-corrected chi connectivity index (χ3v) is 4.67. The molecule has 5 nitrogen and oxygen atoms in total. The Bertz CT molecular complexity index is 1100. The Labute approximate surface area is 162 Å². The number of benzene rings is 2. The highest BCUT2D eigenvalue weighted by Gasteiger charge is 2.18. The number of para-hydroxylation sites is 1. The van der Waals surface area contributed by atoms with Gasteiger partial charge in [0.05, 0.1) is 11.0 Å². The minimum Gasteiger partial charge on any atom is -0.486 e. The second-order valence-corrected chi connectivity index (χ2v) is 7.42. The molecular weight excluding hydrogens is 360 g/mol. The van der Waals surface area contributed by atoms with E-state index in [1.807, 2.05) is 42.5 Å². The van der Waals surface area contributed by atoms with Gasteiger partial charge in [0, 0.05) is 17.0 Å². The van der Waals surface area contributed by atoms with Crippen LogP contribution in [0.1, 0.15) is 19.7 Å². The number of nitrogens with two attached hydrogens (primary N) is 1. The van der Waals surface area contributed by atoms with E-state index in [2.05, 4.69) is 29.5 Å². The van der Waals surface area contributed by atoms with Crippen LogP contribution in [-0.2, 0) is 13.2 Å². The van der Waals surface area contributed by atoms with Crippen molar-refractivity contribution < 1.29 is 4.74 Å². The van der Waals surface area contributed by atoms with Gasteiger partial charge in [-0.3, -0.25) is 0 Å². The SMILES string of the molecule is CC(C)Cn1c(COc2ccc(Cl)cc2)nc2c(N)nc3ccccc3c21. The van der Waals surface area contributed by atoms with Crippen LogP contribution in [-0.4, -0.2) is 14.5 Å². The summed E-state index contributed by atoms with van der Waals surface area (Å²) in [6, 6.07) is 15.3. The summed E-state index contributed by atoms with van der Waals surface area (Å²) in [4.78, 5) is 9.28. The number of imidazole rings is 1. The number of nitrogens with zero attached hydrogens (tertiary/aromatic N) is 3. The average molecular weight is 381 g/mol. The summed E-state index contributed by atoms with van der Waals surface area (Å²) in [5.74, 6) is 2.47. The highest BCUT2D eigenvalue weighted by Crippen LogP contribution is 2.30. The lowest BCUT2D eigenvalue weighted by atomic mass is 10.1. The van der Waals surface area contributed by atoms with Gasteiger partial charge in [-0.15, -0.1) is 0 Å². The number of fused-ring (bicyclic) bond motifs is 3. The molecule has 0 bridgehead atoms. The lowest BCUT2D eigenvalue weighted by Gasteiger charge is -2.13. The highest BCUT2D eigenvalue weighted by molar-refractivity contribution is 6.30. The number of rotatable bonds is 5. The number of ether oxygens (including phenoxy) is 1. The van der Waals surface area contributed by atoms with Gasteiger partial charge in [-0.05, 0) is 36.2 Å². The Balaban J connectivity index is 1.82. The molecule has 0 saturated heterocycles. The number of pyridine rings is 1. The van der Waals surface area contributed by atoms with E-state index in [0.717, 1.165) is 40.1 Å². The molecular formula is C21H21ClN4O. The van der Waals surface area contributed by atoms with Crippen LogP contribution >= 0.6 is 11.6 Å². The van der Waals surface area contributed by atoms with Crippen LogP contribution in [0.3, 0.4) is 0 Å². The molecule has 0 aliphatic rings. The van der Waals surface area contributed by atoms with Gasteiger partial charge in [0.1, 0.15) is 23.7 Å². The van der Waals surface area contributed by atoms with Gasteiger partial charge in [-0.25, -0.2) is 9.97 Å². The minimum absolute atomic E-state index is 0.344. The van der Waals surface area contributed by atoms with Crippen LogP contribution in [0.5, 0.6) is 5.75 Å². The van der Waals surface area contributed by atoms with E-state index in [-0.39, 0.29) is 0 Å². The zero-order valence-electron chi connectivity index (χ0n) is 15.3. The molecule has 0 spiro atoms. The number of hydrogen-bond acceptors (Lipinski definition) is 4. The van der Waals surface area contributed by atoms with Gasteiger partial charge in [-0.2, -0.15) is 0 Å². The number of nitrogen functional groups attached to an aromatic ring is 1. The normalized spacial score (nSPS) is 11.6. The van der Waals surface area contributed by atoms with Crippen LogP contribution in [0.2, 0.25) is 5.02 Å². The van der Waals surface area contributed by atoms with Crippen LogP contribution in [0.15, 0.2) is 48.5 Å². The van der Waals surface area contributed by atoms with E-state index in [9.17, 15) is 0 Å². The second-order valence-electron chi connectivity index (χ2n) is 6.99. The van der Waals surface area contributed by atoms with Crippen molar-refractivity contribution in [3.63, 3.8) is 0 Å². The van der Waals surface area contributed by atoms with Gasteiger partial charge in [0.25, 0.3) is 0 Å². The monoisotopic (exact) mass is 380 g/mol. The van der Waals surface area contributed by atoms with Crippen LogP contribution in [0.25, 0.3) is 21.9 Å². The highest BCUT2D eigenvalue weighted by atomic mass is 35.5. The van der Waals surface area contributed by atoms with E-state index in [1.54, 1.807) is 0 Å². The molecule has 27 heavy (non-hydrogen) atoms. The molecule has 0 fully saturated rings. The van der Waals surface area contributed by atoms with Crippen LogP contribution in [0.4, 0.5) is 5.82 Å². The summed E-state index contributed by atoms with van der Waals surface area (Å²) in [6.45, 7) is 5.53. The Kier molecular flexibility index (Phi) is 4.62. The van der Waals surface area contributed by atoms with Gasteiger partial charge in [-0.1, -0.05) is 43.6 Å². The first kappa shape index (κ1) is 17.6. The zero-order valence-corrected chi connectivity index (χ0v) is 16.1. The molecule has 0 aliphatic carbocycles. The molecule has 0 unspecified atom stereocenters.